The molecule has 0 bridgehead atoms. The van der Waals surface area contributed by atoms with Gasteiger partial charge in [0.25, 0.3) is 0 Å². The van der Waals surface area contributed by atoms with Crippen molar-refractivity contribution in [2.45, 2.75) is 294 Å². The number of aliphatic hydroxyl groups excluding tert-OH is 5. The van der Waals surface area contributed by atoms with Crippen LogP contribution in [0.1, 0.15) is 251 Å². The van der Waals surface area contributed by atoms with Crippen LogP contribution in [0.3, 0.4) is 0 Å². The standard InChI is InChI=1S/C55H103NO8/c1-3-5-7-9-11-13-14-15-16-17-18-19-20-21-22-23-24-25-26-27-28-29-30-31-32-33-34-35-37-39-41-43-45-51(59)56-48(49(58)44-42-40-38-36-12-10-8-6-4-2)47-63-55-54(62)53(61)52(60)50(46-57)64-55/h12,21-22,36,42,44,48-50,52-55,57-58,60-62H,3-11,13-20,23-35,37-41,43,45-47H2,1-2H3,(H,56,59)/b22-21-,36-12+,44-42+. The monoisotopic (exact) mass is 906 g/mol. The largest absolute Gasteiger partial charge is 0.394 e. The SMILES string of the molecule is CCCCC/C=C/CC/C=C/C(O)C(COC1OC(CO)C(O)C(O)C1O)NC(=O)CCCCCCCCCCCCCCCCCC/C=C\CCCCCCCCCCCCCC. The van der Waals surface area contributed by atoms with Crippen molar-refractivity contribution in [1.82, 2.24) is 5.32 Å². The van der Waals surface area contributed by atoms with Gasteiger partial charge in [-0.05, 0) is 57.8 Å². The lowest BCUT2D eigenvalue weighted by Gasteiger charge is -2.40. The molecule has 0 aromatic carbocycles. The van der Waals surface area contributed by atoms with E-state index in [0.717, 1.165) is 38.5 Å². The lowest BCUT2D eigenvalue weighted by molar-refractivity contribution is -0.302. The minimum absolute atomic E-state index is 0.187. The summed E-state index contributed by atoms with van der Waals surface area (Å²) in [5, 5.41) is 54.1. The van der Waals surface area contributed by atoms with Gasteiger partial charge in [0.15, 0.2) is 6.29 Å². The van der Waals surface area contributed by atoms with E-state index in [-0.39, 0.29) is 12.5 Å². The van der Waals surface area contributed by atoms with Crippen LogP contribution >= 0.6 is 0 Å². The lowest BCUT2D eigenvalue weighted by Crippen LogP contribution is -2.60. The zero-order chi connectivity index (χ0) is 46.6. The van der Waals surface area contributed by atoms with Gasteiger partial charge in [0.05, 0.1) is 25.4 Å². The van der Waals surface area contributed by atoms with Crippen molar-refractivity contribution in [3.05, 3.63) is 36.5 Å². The molecule has 0 aromatic heterocycles. The predicted octanol–water partition coefficient (Wildman–Crippen LogP) is 12.8. The summed E-state index contributed by atoms with van der Waals surface area (Å²) in [6.07, 6.45) is 51.1. The fraction of sp³-hybridized carbons (Fsp3) is 0.873. The zero-order valence-corrected chi connectivity index (χ0v) is 41.5. The third-order valence-electron chi connectivity index (χ3n) is 12.9. The molecule has 9 nitrogen and oxygen atoms in total. The van der Waals surface area contributed by atoms with Gasteiger partial charge < -0.3 is 40.3 Å². The number of nitrogens with one attached hydrogen (secondary N) is 1. The van der Waals surface area contributed by atoms with Crippen LogP contribution in [-0.2, 0) is 14.3 Å². The maximum atomic E-state index is 13.0. The van der Waals surface area contributed by atoms with Crippen LogP contribution in [0.5, 0.6) is 0 Å². The van der Waals surface area contributed by atoms with E-state index in [1.807, 2.05) is 6.08 Å². The maximum absolute atomic E-state index is 13.0. The molecule has 376 valence electrons. The molecule has 1 aliphatic rings. The van der Waals surface area contributed by atoms with Crippen molar-refractivity contribution in [2.75, 3.05) is 13.2 Å². The Bertz CT molecular complexity index is 1100. The summed E-state index contributed by atoms with van der Waals surface area (Å²) in [5.74, 6) is -0.187. The highest BCUT2D eigenvalue weighted by Gasteiger charge is 2.44. The van der Waals surface area contributed by atoms with Gasteiger partial charge in [-0.25, -0.2) is 0 Å². The van der Waals surface area contributed by atoms with Crippen LogP contribution < -0.4 is 5.32 Å². The highest BCUT2D eigenvalue weighted by molar-refractivity contribution is 5.76. The molecule has 7 atom stereocenters. The highest BCUT2D eigenvalue weighted by atomic mass is 16.7. The van der Waals surface area contributed by atoms with Gasteiger partial charge in [-0.15, -0.1) is 0 Å². The maximum Gasteiger partial charge on any atom is 0.220 e. The number of carbonyl (C=O) groups excluding carboxylic acids is 1. The lowest BCUT2D eigenvalue weighted by atomic mass is 9.99. The Morgan fingerprint density at radius 1 is 0.516 bits per heavy atom. The van der Waals surface area contributed by atoms with Crippen LogP contribution in [0.2, 0.25) is 0 Å². The Labute approximate surface area is 393 Å². The highest BCUT2D eigenvalue weighted by Crippen LogP contribution is 2.23. The van der Waals surface area contributed by atoms with Crippen molar-refractivity contribution in [2.24, 2.45) is 0 Å². The summed E-state index contributed by atoms with van der Waals surface area (Å²) in [7, 11) is 0. The number of rotatable bonds is 46. The summed E-state index contributed by atoms with van der Waals surface area (Å²) in [6, 6.07) is -0.818. The molecule has 1 saturated heterocycles. The van der Waals surface area contributed by atoms with Crippen LogP contribution in [-0.4, -0.2) is 87.5 Å². The van der Waals surface area contributed by atoms with Crippen molar-refractivity contribution in [3.63, 3.8) is 0 Å². The molecule has 1 aliphatic heterocycles. The Morgan fingerprint density at radius 2 is 0.891 bits per heavy atom. The summed E-state index contributed by atoms with van der Waals surface area (Å²) in [4.78, 5) is 13.0. The molecular weight excluding hydrogens is 803 g/mol. The van der Waals surface area contributed by atoms with Gasteiger partial charge in [-0.2, -0.15) is 0 Å². The van der Waals surface area contributed by atoms with E-state index in [4.69, 9.17) is 9.47 Å². The van der Waals surface area contributed by atoms with E-state index in [0.29, 0.717) is 6.42 Å². The number of hydrogen-bond donors (Lipinski definition) is 6. The topological polar surface area (TPSA) is 149 Å². The van der Waals surface area contributed by atoms with Gasteiger partial charge >= 0.3 is 0 Å². The molecule has 7 unspecified atom stereocenters. The molecule has 0 aromatic rings. The van der Waals surface area contributed by atoms with E-state index < -0.39 is 49.5 Å². The Kier molecular flexibility index (Phi) is 42.7. The third-order valence-corrected chi connectivity index (χ3v) is 12.9. The van der Waals surface area contributed by atoms with Gasteiger partial charge in [0.2, 0.25) is 5.91 Å². The summed E-state index contributed by atoms with van der Waals surface area (Å²) in [6.45, 7) is 3.72. The quantitative estimate of drug-likeness (QED) is 0.0261. The smallest absolute Gasteiger partial charge is 0.220 e. The van der Waals surface area contributed by atoms with Crippen LogP contribution in [0.15, 0.2) is 36.5 Å². The van der Waals surface area contributed by atoms with Gasteiger partial charge in [0, 0.05) is 6.42 Å². The average Bonchev–Trinajstić information content (AvgIpc) is 3.29. The molecule has 64 heavy (non-hydrogen) atoms. The first kappa shape index (κ1) is 60.4. The minimum Gasteiger partial charge on any atom is -0.394 e. The van der Waals surface area contributed by atoms with Crippen molar-refractivity contribution >= 4 is 5.91 Å². The second-order valence-electron chi connectivity index (χ2n) is 19.0. The number of allylic oxidation sites excluding steroid dienone is 5. The molecule has 1 rings (SSSR count). The average molecular weight is 906 g/mol. The molecule has 0 spiro atoms. The Hall–Kier alpha value is -1.59. The van der Waals surface area contributed by atoms with Gasteiger partial charge in [0.1, 0.15) is 24.4 Å². The van der Waals surface area contributed by atoms with Crippen molar-refractivity contribution in [3.8, 4) is 0 Å². The molecule has 0 aliphatic carbocycles. The summed E-state index contributed by atoms with van der Waals surface area (Å²) < 4.78 is 11.2. The van der Waals surface area contributed by atoms with Crippen LogP contribution in [0.25, 0.3) is 0 Å². The van der Waals surface area contributed by atoms with Gasteiger partial charge in [-0.3, -0.25) is 4.79 Å². The van der Waals surface area contributed by atoms with E-state index >= 15 is 0 Å². The van der Waals surface area contributed by atoms with Gasteiger partial charge in [-0.1, -0.05) is 224 Å². The third kappa shape index (κ3) is 34.7. The number of unbranched alkanes of at least 4 members (excludes halogenated alkanes) is 32. The number of hydrogen-bond acceptors (Lipinski definition) is 8. The van der Waals surface area contributed by atoms with E-state index in [2.05, 4.69) is 43.5 Å². The summed E-state index contributed by atoms with van der Waals surface area (Å²) >= 11 is 0. The fourth-order valence-electron chi connectivity index (χ4n) is 8.58. The van der Waals surface area contributed by atoms with E-state index in [1.54, 1.807) is 6.08 Å². The first-order chi connectivity index (χ1) is 31.3. The molecule has 0 saturated carbocycles. The molecule has 0 radical (unpaired) electrons. The minimum atomic E-state index is -1.57. The zero-order valence-electron chi connectivity index (χ0n) is 41.5. The van der Waals surface area contributed by atoms with Crippen LogP contribution in [0, 0.1) is 0 Å². The van der Waals surface area contributed by atoms with Crippen molar-refractivity contribution in [1.29, 1.82) is 0 Å². The predicted molar refractivity (Wildman–Crippen MR) is 267 cm³/mol. The molecule has 6 N–H and O–H groups in total. The van der Waals surface area contributed by atoms with E-state index in [1.165, 1.54) is 193 Å². The molecule has 1 amide bonds. The number of ether oxygens (including phenoxy) is 2. The summed E-state index contributed by atoms with van der Waals surface area (Å²) in [5.41, 5.74) is 0. The van der Waals surface area contributed by atoms with Crippen LogP contribution in [0.4, 0.5) is 0 Å². The molecule has 1 fully saturated rings. The first-order valence-corrected chi connectivity index (χ1v) is 27.2. The molecule has 1 heterocycles. The molecule has 9 heteroatoms. The number of aliphatic hydroxyl groups is 5. The van der Waals surface area contributed by atoms with Crippen molar-refractivity contribution < 1.29 is 39.8 Å². The number of carbonyl (C=O) groups is 1. The normalized spacial score (nSPS) is 20.3. The Morgan fingerprint density at radius 3 is 1.34 bits per heavy atom. The first-order valence-electron chi connectivity index (χ1n) is 27.2. The van der Waals surface area contributed by atoms with E-state index in [9.17, 15) is 30.3 Å². The fourth-order valence-corrected chi connectivity index (χ4v) is 8.58. The second-order valence-corrected chi connectivity index (χ2v) is 19.0. The Balaban J connectivity index is 2.08. The number of amides is 1. The molecular formula is C55H103NO8. The second kappa shape index (κ2) is 45.2.